The second-order valence-electron chi connectivity index (χ2n) is 8.21. The van der Waals surface area contributed by atoms with E-state index in [2.05, 4.69) is 20.0 Å². The lowest BCUT2D eigenvalue weighted by molar-refractivity contribution is -0.126. The largest absolute Gasteiger partial charge is 0.497 e. The fourth-order valence-electron chi connectivity index (χ4n) is 4.88. The van der Waals surface area contributed by atoms with Gasteiger partial charge in [0.1, 0.15) is 23.3 Å². The smallest absolute Gasteiger partial charge is 0.230 e. The van der Waals surface area contributed by atoms with Gasteiger partial charge in [0.2, 0.25) is 5.91 Å². The molecule has 1 unspecified atom stereocenters. The lowest BCUT2D eigenvalue weighted by atomic mass is 9.74. The molecule has 10 nitrogen and oxygen atoms in total. The topological polar surface area (TPSA) is 122 Å². The molecule has 2 N–H and O–H groups in total. The average molecular weight is 476 g/mol. The summed E-state index contributed by atoms with van der Waals surface area (Å²) >= 11 is 0. The Balaban J connectivity index is 1.71. The Kier molecular flexibility index (Phi) is 5.73. The number of fused-ring (bicyclic) bond motifs is 3. The summed E-state index contributed by atoms with van der Waals surface area (Å²) in [5.41, 5.74) is 1.72. The van der Waals surface area contributed by atoms with E-state index in [-0.39, 0.29) is 18.9 Å². The maximum absolute atomic E-state index is 13.6. The molecule has 0 spiro atoms. The molecule has 2 aromatic carbocycles. The highest BCUT2D eigenvalue weighted by Crippen LogP contribution is 2.52. The number of H-pyrrole nitrogens is 1. The van der Waals surface area contributed by atoms with Crippen molar-refractivity contribution in [2.75, 3.05) is 21.3 Å². The number of aliphatic hydroxyl groups is 1. The number of imidazole rings is 1. The number of ether oxygens (including phenoxy) is 3. The molecule has 2 aliphatic rings. The van der Waals surface area contributed by atoms with E-state index in [1.807, 2.05) is 30.3 Å². The van der Waals surface area contributed by atoms with Crippen molar-refractivity contribution in [2.24, 2.45) is 9.98 Å². The SMILES string of the molecule is COc1ccc(CN2C(=O)CC3(c4ccc(CO)c(OC)c4OC)C2=NC=Nc2nc[nH]c23)cc1. The number of rotatable bonds is 7. The Morgan fingerprint density at radius 1 is 1.06 bits per heavy atom. The fourth-order valence-corrected chi connectivity index (χ4v) is 4.88. The summed E-state index contributed by atoms with van der Waals surface area (Å²) in [7, 11) is 4.66. The summed E-state index contributed by atoms with van der Waals surface area (Å²) in [4.78, 5) is 31.9. The number of methoxy groups -OCH3 is 3. The van der Waals surface area contributed by atoms with E-state index in [4.69, 9.17) is 14.2 Å². The Hall–Kier alpha value is -4.18. The minimum Gasteiger partial charge on any atom is -0.497 e. The van der Waals surface area contributed by atoms with E-state index in [1.165, 1.54) is 20.6 Å². The number of aromatic amines is 1. The Morgan fingerprint density at radius 2 is 1.83 bits per heavy atom. The number of hydrogen-bond acceptors (Lipinski definition) is 8. The summed E-state index contributed by atoms with van der Waals surface area (Å²) in [5, 5.41) is 9.85. The van der Waals surface area contributed by atoms with E-state index < -0.39 is 5.41 Å². The molecule has 0 saturated carbocycles. The van der Waals surface area contributed by atoms with Crippen LogP contribution in [0.2, 0.25) is 0 Å². The van der Waals surface area contributed by atoms with E-state index in [0.29, 0.717) is 46.5 Å². The molecular weight excluding hydrogens is 450 g/mol. The molecular formula is C25H25N5O5. The van der Waals surface area contributed by atoms with Gasteiger partial charge in [-0.15, -0.1) is 0 Å². The summed E-state index contributed by atoms with van der Waals surface area (Å²) in [6.45, 7) is 0.0869. The van der Waals surface area contributed by atoms with Crippen molar-refractivity contribution in [3.05, 3.63) is 65.1 Å². The van der Waals surface area contributed by atoms with E-state index in [9.17, 15) is 9.90 Å². The Morgan fingerprint density at radius 3 is 2.51 bits per heavy atom. The molecule has 2 aliphatic heterocycles. The molecule has 1 amide bonds. The monoisotopic (exact) mass is 475 g/mol. The van der Waals surface area contributed by atoms with Crippen LogP contribution in [0.5, 0.6) is 17.2 Å². The first-order valence-electron chi connectivity index (χ1n) is 11.0. The quantitative estimate of drug-likeness (QED) is 0.542. The number of carbonyl (C=O) groups is 1. The van der Waals surface area contributed by atoms with Crippen LogP contribution in [0.3, 0.4) is 0 Å². The molecule has 1 aromatic heterocycles. The van der Waals surface area contributed by atoms with Gasteiger partial charge in [0, 0.05) is 17.5 Å². The van der Waals surface area contributed by atoms with Gasteiger partial charge in [-0.25, -0.2) is 15.0 Å². The zero-order valence-corrected chi connectivity index (χ0v) is 19.6. The van der Waals surface area contributed by atoms with Gasteiger partial charge >= 0.3 is 0 Å². The second kappa shape index (κ2) is 8.88. The number of hydrogen-bond donors (Lipinski definition) is 2. The van der Waals surface area contributed by atoms with Crippen molar-refractivity contribution in [2.45, 2.75) is 25.0 Å². The zero-order chi connectivity index (χ0) is 24.6. The van der Waals surface area contributed by atoms with Crippen LogP contribution in [-0.4, -0.2) is 59.4 Å². The van der Waals surface area contributed by atoms with Crippen LogP contribution in [0.15, 0.2) is 52.7 Å². The van der Waals surface area contributed by atoms with Crippen molar-refractivity contribution in [1.82, 2.24) is 14.9 Å². The number of likely N-dealkylation sites (tertiary alicyclic amines) is 1. The number of benzene rings is 2. The normalized spacial score (nSPS) is 18.6. The van der Waals surface area contributed by atoms with Crippen molar-refractivity contribution in [1.29, 1.82) is 0 Å². The van der Waals surface area contributed by atoms with E-state index in [0.717, 1.165) is 11.3 Å². The number of aromatic nitrogens is 2. The summed E-state index contributed by atoms with van der Waals surface area (Å²) in [6, 6.07) is 11.1. The van der Waals surface area contributed by atoms with Crippen LogP contribution in [0, 0.1) is 0 Å². The highest BCUT2D eigenvalue weighted by atomic mass is 16.5. The maximum Gasteiger partial charge on any atom is 0.230 e. The fraction of sp³-hybridized carbons (Fsp3) is 0.280. The standard InChI is InChI=1S/C25H25N5O5/c1-33-17-7-4-15(5-8-17)11-30-19(32)10-25(22-23(27-13-26-22)28-14-29-24(25)30)18-9-6-16(12-31)20(34-2)21(18)35-3/h4-9,13-14,31H,10-12H2,1-3H3,(H,26,27). The summed E-state index contributed by atoms with van der Waals surface area (Å²) in [6.07, 6.45) is 3.05. The van der Waals surface area contributed by atoms with Crippen LogP contribution in [0.1, 0.15) is 28.8 Å². The minimum atomic E-state index is -1.06. The molecule has 3 heterocycles. The lowest BCUT2D eigenvalue weighted by Crippen LogP contribution is -2.40. The van der Waals surface area contributed by atoms with Crippen molar-refractivity contribution in [3.63, 3.8) is 0 Å². The number of amidine groups is 1. The van der Waals surface area contributed by atoms with Gasteiger partial charge in [-0.1, -0.05) is 24.3 Å². The van der Waals surface area contributed by atoms with Crippen LogP contribution >= 0.6 is 0 Å². The first-order chi connectivity index (χ1) is 17.1. The van der Waals surface area contributed by atoms with Crippen LogP contribution in [0.25, 0.3) is 0 Å². The van der Waals surface area contributed by atoms with Gasteiger partial charge in [-0.3, -0.25) is 9.69 Å². The van der Waals surface area contributed by atoms with Crippen LogP contribution in [-0.2, 0) is 23.4 Å². The van der Waals surface area contributed by atoms with Gasteiger partial charge in [0.15, 0.2) is 17.3 Å². The second-order valence-corrected chi connectivity index (χ2v) is 8.21. The predicted octanol–water partition coefficient (Wildman–Crippen LogP) is 2.72. The summed E-state index contributed by atoms with van der Waals surface area (Å²) in [5.74, 6) is 2.37. The third-order valence-corrected chi connectivity index (χ3v) is 6.49. The van der Waals surface area contributed by atoms with Gasteiger partial charge in [-0.2, -0.15) is 0 Å². The third kappa shape index (κ3) is 3.45. The zero-order valence-electron chi connectivity index (χ0n) is 19.6. The number of nitrogens with zero attached hydrogens (tertiary/aromatic N) is 4. The number of nitrogens with one attached hydrogen (secondary N) is 1. The van der Waals surface area contributed by atoms with Gasteiger partial charge in [-0.05, 0) is 17.7 Å². The highest BCUT2D eigenvalue weighted by Gasteiger charge is 2.56. The first-order valence-corrected chi connectivity index (χ1v) is 11.0. The average Bonchev–Trinajstić information content (AvgIpc) is 3.43. The van der Waals surface area contributed by atoms with E-state index >= 15 is 0 Å². The van der Waals surface area contributed by atoms with Crippen molar-refractivity contribution in [3.8, 4) is 17.2 Å². The molecule has 0 radical (unpaired) electrons. The molecule has 35 heavy (non-hydrogen) atoms. The molecule has 1 atom stereocenters. The molecule has 3 aromatic rings. The first kappa shape index (κ1) is 22.6. The van der Waals surface area contributed by atoms with Gasteiger partial charge in [0.25, 0.3) is 0 Å². The number of carbonyl (C=O) groups excluding carboxylic acids is 1. The molecule has 180 valence electrons. The molecule has 1 fully saturated rings. The molecule has 10 heteroatoms. The number of aliphatic hydroxyl groups excluding tert-OH is 1. The summed E-state index contributed by atoms with van der Waals surface area (Å²) < 4.78 is 16.7. The van der Waals surface area contributed by atoms with Crippen molar-refractivity contribution < 1.29 is 24.1 Å². The van der Waals surface area contributed by atoms with Crippen LogP contribution < -0.4 is 14.2 Å². The third-order valence-electron chi connectivity index (χ3n) is 6.49. The predicted molar refractivity (Wildman–Crippen MR) is 129 cm³/mol. The Labute approximate surface area is 201 Å². The van der Waals surface area contributed by atoms with Crippen LogP contribution in [0.4, 0.5) is 5.82 Å². The Bertz CT molecular complexity index is 1330. The van der Waals surface area contributed by atoms with E-state index in [1.54, 1.807) is 24.4 Å². The van der Waals surface area contributed by atoms with Crippen molar-refractivity contribution >= 4 is 23.9 Å². The number of amides is 1. The molecule has 5 rings (SSSR count). The molecule has 0 bridgehead atoms. The molecule has 1 saturated heterocycles. The maximum atomic E-state index is 13.6. The number of aliphatic imine (C=N–C) groups is 2. The van der Waals surface area contributed by atoms with Gasteiger partial charge in [0.05, 0.1) is 46.5 Å². The minimum absolute atomic E-state index is 0.0819. The highest BCUT2D eigenvalue weighted by molar-refractivity contribution is 6.16. The molecule has 0 aliphatic carbocycles. The van der Waals surface area contributed by atoms with Gasteiger partial charge < -0.3 is 24.3 Å². The lowest BCUT2D eigenvalue weighted by Gasteiger charge is -2.31.